The fraction of sp³-hybridized carbons (Fsp3) is 0.419. The van der Waals surface area contributed by atoms with E-state index >= 15 is 0 Å². The molecule has 3 heterocycles. The van der Waals surface area contributed by atoms with Gasteiger partial charge in [-0.05, 0) is 64.5 Å². The van der Waals surface area contributed by atoms with Crippen molar-refractivity contribution in [1.82, 2.24) is 24.8 Å². The number of aryl methyl sites for hydroxylation is 1. The molecule has 0 saturated carbocycles. The average molecular weight is 654 g/mol. The molecule has 2 aromatic carbocycles. The number of nitrogens with one attached hydrogen (secondary N) is 2. The lowest BCUT2D eigenvalue weighted by Crippen LogP contribution is -2.33. The Balaban J connectivity index is 1.49. The van der Waals surface area contributed by atoms with Gasteiger partial charge >= 0.3 is 0 Å². The second-order valence-corrected chi connectivity index (χ2v) is 14.4. The first-order valence-electron chi connectivity index (χ1n) is 14.8. The molecule has 1 atom stereocenters. The number of rotatable bonds is 11. The maximum absolute atomic E-state index is 13.2. The average Bonchev–Trinajstić information content (AvgIpc) is 3.52. The van der Waals surface area contributed by atoms with Crippen LogP contribution in [0.25, 0.3) is 11.0 Å². The molecule has 0 radical (unpaired) electrons. The van der Waals surface area contributed by atoms with Crippen molar-refractivity contribution in [3.63, 3.8) is 0 Å². The van der Waals surface area contributed by atoms with Crippen molar-refractivity contribution in [1.29, 1.82) is 0 Å². The molecule has 4 aromatic rings. The standard InChI is InChI=1S/C31H40ClN9O3S/c1-8-20-15-25(27(44-7)16-26(20)41-14-11-21(18-41)39(4)5)37-31-35-17-22(32)30(38-31)36-24-10-9-23-28(34-13-12-33-23)29(24)40(6)45(42,43)19(2)3/h9-10,12-13,15-17,19,21H,8,11,14,18H2,1-7H3,(H2,35,36,37,38). The highest BCUT2D eigenvalue weighted by Crippen LogP contribution is 2.39. The van der Waals surface area contributed by atoms with Crippen LogP contribution in [0.2, 0.25) is 5.02 Å². The van der Waals surface area contributed by atoms with Gasteiger partial charge in [0, 0.05) is 50.3 Å². The molecule has 1 fully saturated rings. The van der Waals surface area contributed by atoms with Crippen molar-refractivity contribution in [3.05, 3.63) is 53.4 Å². The Kier molecular flexibility index (Phi) is 9.52. The van der Waals surface area contributed by atoms with Crippen molar-refractivity contribution < 1.29 is 13.2 Å². The highest BCUT2D eigenvalue weighted by Gasteiger charge is 2.28. The van der Waals surface area contributed by atoms with E-state index in [1.165, 1.54) is 29.3 Å². The van der Waals surface area contributed by atoms with Crippen molar-refractivity contribution >= 4 is 67.2 Å². The van der Waals surface area contributed by atoms with Gasteiger partial charge in [0.15, 0.2) is 5.82 Å². The maximum atomic E-state index is 13.2. The second-order valence-electron chi connectivity index (χ2n) is 11.5. The lowest BCUT2D eigenvalue weighted by molar-refractivity contribution is 0.315. The summed E-state index contributed by atoms with van der Waals surface area (Å²) in [5.74, 6) is 1.24. The van der Waals surface area contributed by atoms with Crippen LogP contribution in [0.5, 0.6) is 5.75 Å². The normalized spacial score (nSPS) is 15.2. The van der Waals surface area contributed by atoms with E-state index in [2.05, 4.69) is 73.5 Å². The van der Waals surface area contributed by atoms with Crippen LogP contribution in [0.1, 0.15) is 32.8 Å². The Bertz CT molecular complexity index is 1800. The largest absolute Gasteiger partial charge is 0.494 e. The fourth-order valence-electron chi connectivity index (χ4n) is 5.49. The molecule has 12 nitrogen and oxygen atoms in total. The Morgan fingerprint density at radius 2 is 1.84 bits per heavy atom. The minimum atomic E-state index is -3.70. The van der Waals surface area contributed by atoms with Gasteiger partial charge in [-0.3, -0.25) is 14.3 Å². The summed E-state index contributed by atoms with van der Waals surface area (Å²) in [6.07, 6.45) is 6.52. The van der Waals surface area contributed by atoms with Crippen molar-refractivity contribution in [2.75, 3.05) is 61.2 Å². The van der Waals surface area contributed by atoms with Gasteiger partial charge in [-0.25, -0.2) is 13.4 Å². The Labute approximate surface area is 269 Å². The number of sulfonamides is 1. The van der Waals surface area contributed by atoms with Gasteiger partial charge in [-0.15, -0.1) is 0 Å². The maximum Gasteiger partial charge on any atom is 0.237 e. The van der Waals surface area contributed by atoms with Crippen LogP contribution >= 0.6 is 11.6 Å². The summed E-state index contributed by atoms with van der Waals surface area (Å²) in [5, 5.41) is 6.12. The van der Waals surface area contributed by atoms with Crippen LogP contribution in [0.4, 0.5) is 34.5 Å². The molecule has 0 bridgehead atoms. The van der Waals surface area contributed by atoms with Crippen molar-refractivity contribution in [2.45, 2.75) is 44.9 Å². The highest BCUT2D eigenvalue weighted by atomic mass is 35.5. The molecule has 2 aromatic heterocycles. The van der Waals surface area contributed by atoms with Crippen LogP contribution in [-0.4, -0.2) is 85.9 Å². The molecule has 45 heavy (non-hydrogen) atoms. The van der Waals surface area contributed by atoms with Crippen LogP contribution in [0.3, 0.4) is 0 Å². The van der Waals surface area contributed by atoms with Crippen LogP contribution in [0.15, 0.2) is 42.9 Å². The fourth-order valence-corrected chi connectivity index (χ4v) is 6.70. The number of hydrogen-bond acceptors (Lipinski definition) is 11. The van der Waals surface area contributed by atoms with Crippen LogP contribution in [-0.2, 0) is 16.4 Å². The molecule has 1 saturated heterocycles. The first kappa shape index (κ1) is 32.5. The van der Waals surface area contributed by atoms with Gasteiger partial charge in [0.1, 0.15) is 22.0 Å². The number of fused-ring (bicyclic) bond motifs is 1. The Morgan fingerprint density at radius 3 is 2.51 bits per heavy atom. The predicted octanol–water partition coefficient (Wildman–Crippen LogP) is 5.45. The van der Waals surface area contributed by atoms with E-state index in [1.54, 1.807) is 39.3 Å². The number of aromatic nitrogens is 4. The first-order chi connectivity index (χ1) is 21.4. The van der Waals surface area contributed by atoms with E-state index in [4.69, 9.17) is 16.3 Å². The SMILES string of the molecule is CCc1cc(Nc2ncc(Cl)c(Nc3ccc4nccnc4c3N(C)S(=O)(=O)C(C)C)n2)c(OC)cc1N1CCC(N(C)C)C1. The van der Waals surface area contributed by atoms with Crippen molar-refractivity contribution in [2.24, 2.45) is 0 Å². The Hall–Kier alpha value is -3.94. The van der Waals surface area contributed by atoms with E-state index in [0.717, 1.165) is 37.3 Å². The third-order valence-electron chi connectivity index (χ3n) is 8.17. The molecule has 1 aliphatic heterocycles. The topological polar surface area (TPSA) is 129 Å². The third kappa shape index (κ3) is 6.56. The molecule has 1 aliphatic rings. The van der Waals surface area contributed by atoms with Crippen LogP contribution in [0, 0.1) is 0 Å². The number of likely N-dealkylation sites (N-methyl/N-ethyl adjacent to an activating group) is 1. The molecular weight excluding hydrogens is 614 g/mol. The number of benzene rings is 2. The number of nitrogens with zero attached hydrogens (tertiary/aromatic N) is 7. The van der Waals surface area contributed by atoms with E-state index < -0.39 is 15.3 Å². The van der Waals surface area contributed by atoms with Gasteiger partial charge in [0.05, 0.1) is 35.4 Å². The molecule has 0 aliphatic carbocycles. The lowest BCUT2D eigenvalue weighted by Gasteiger charge is -2.26. The summed E-state index contributed by atoms with van der Waals surface area (Å²) in [5.41, 5.74) is 4.81. The van der Waals surface area contributed by atoms with Gasteiger partial charge in [0.2, 0.25) is 16.0 Å². The highest BCUT2D eigenvalue weighted by molar-refractivity contribution is 7.93. The zero-order valence-electron chi connectivity index (χ0n) is 26.7. The van der Waals surface area contributed by atoms with Crippen LogP contribution < -0.4 is 24.6 Å². The number of ether oxygens (including phenoxy) is 1. The lowest BCUT2D eigenvalue weighted by atomic mass is 10.1. The monoisotopic (exact) mass is 653 g/mol. The molecule has 0 amide bonds. The summed E-state index contributed by atoms with van der Waals surface area (Å²) in [6, 6.07) is 8.15. The second kappa shape index (κ2) is 13.2. The van der Waals surface area contributed by atoms with E-state index in [1.807, 2.05) is 0 Å². The summed E-state index contributed by atoms with van der Waals surface area (Å²) in [6.45, 7) is 7.34. The molecule has 2 N–H and O–H groups in total. The van der Waals surface area contributed by atoms with Gasteiger partial charge < -0.3 is 25.2 Å². The summed E-state index contributed by atoms with van der Waals surface area (Å²) in [7, 11) is 3.69. The molecule has 5 rings (SSSR count). The summed E-state index contributed by atoms with van der Waals surface area (Å²) < 4.78 is 33.5. The predicted molar refractivity (Wildman–Crippen MR) is 182 cm³/mol. The first-order valence-corrected chi connectivity index (χ1v) is 16.7. The van der Waals surface area contributed by atoms with E-state index in [-0.39, 0.29) is 16.8 Å². The number of methoxy groups -OCH3 is 1. The molecule has 14 heteroatoms. The summed E-state index contributed by atoms with van der Waals surface area (Å²) in [4.78, 5) is 22.6. The van der Waals surface area contributed by atoms with E-state index in [9.17, 15) is 8.42 Å². The number of hydrogen-bond donors (Lipinski definition) is 2. The number of anilines is 6. The Morgan fingerprint density at radius 1 is 1.09 bits per heavy atom. The van der Waals surface area contributed by atoms with Gasteiger partial charge in [0.25, 0.3) is 0 Å². The smallest absolute Gasteiger partial charge is 0.237 e. The van der Waals surface area contributed by atoms with Gasteiger partial charge in [-0.1, -0.05) is 18.5 Å². The van der Waals surface area contributed by atoms with Gasteiger partial charge in [-0.2, -0.15) is 4.98 Å². The quantitative estimate of drug-likeness (QED) is 0.215. The molecular formula is C31H40ClN9O3S. The third-order valence-corrected chi connectivity index (χ3v) is 10.6. The zero-order chi connectivity index (χ0) is 32.5. The van der Waals surface area contributed by atoms with E-state index in [0.29, 0.717) is 34.2 Å². The summed E-state index contributed by atoms with van der Waals surface area (Å²) >= 11 is 6.56. The van der Waals surface area contributed by atoms with Crippen molar-refractivity contribution in [3.8, 4) is 5.75 Å². The minimum Gasteiger partial charge on any atom is -0.494 e. The zero-order valence-corrected chi connectivity index (χ0v) is 28.2. The number of halogens is 1. The minimum absolute atomic E-state index is 0.251. The molecule has 1 unspecified atom stereocenters. The molecule has 0 spiro atoms. The molecule has 240 valence electrons.